The Morgan fingerprint density at radius 2 is 1.94 bits per heavy atom. The van der Waals surface area contributed by atoms with Gasteiger partial charge in [-0.1, -0.05) is 13.0 Å². The topological polar surface area (TPSA) is 106 Å². The molecule has 0 bridgehead atoms. The zero-order valence-electron chi connectivity index (χ0n) is 21.1. The molecule has 1 amide bonds. The van der Waals surface area contributed by atoms with Gasteiger partial charge in [0.2, 0.25) is 0 Å². The van der Waals surface area contributed by atoms with Crippen LogP contribution in [-0.2, 0) is 6.54 Å². The Hall–Kier alpha value is -3.56. The molecule has 0 aliphatic carbocycles. The molecule has 4 aromatic rings. The fraction of sp³-hybridized carbons (Fsp3) is 0.385. The summed E-state index contributed by atoms with van der Waals surface area (Å²) in [4.78, 5) is 28.8. The molecule has 35 heavy (non-hydrogen) atoms. The highest BCUT2D eigenvalue weighted by molar-refractivity contribution is 5.96. The van der Waals surface area contributed by atoms with Crippen LogP contribution in [0.5, 0.6) is 0 Å². The highest BCUT2D eigenvalue weighted by Gasteiger charge is 2.18. The van der Waals surface area contributed by atoms with Crippen LogP contribution in [0.15, 0.2) is 36.8 Å². The maximum atomic E-state index is 12.9. The summed E-state index contributed by atoms with van der Waals surface area (Å²) in [6, 6.07) is 6.20. The van der Waals surface area contributed by atoms with E-state index in [9.17, 15) is 4.79 Å². The number of nitrogens with zero attached hydrogens (tertiary/aromatic N) is 5. The minimum Gasteiger partial charge on any atom is -0.340 e. The number of hydrogen-bond acceptors (Lipinski definition) is 6. The van der Waals surface area contributed by atoms with Gasteiger partial charge in [0.1, 0.15) is 11.4 Å². The molecule has 0 unspecified atom stereocenters. The number of H-pyrrole nitrogens is 2. The molecule has 0 saturated carbocycles. The van der Waals surface area contributed by atoms with E-state index in [1.807, 2.05) is 39.6 Å². The van der Waals surface area contributed by atoms with Gasteiger partial charge in [-0.3, -0.25) is 14.9 Å². The lowest BCUT2D eigenvalue weighted by Gasteiger charge is -2.17. The molecule has 184 valence electrons. The molecule has 0 radical (unpaired) electrons. The normalized spacial score (nSPS) is 11.5. The van der Waals surface area contributed by atoms with E-state index in [1.165, 1.54) is 11.1 Å². The Morgan fingerprint density at radius 3 is 2.71 bits per heavy atom. The van der Waals surface area contributed by atoms with Gasteiger partial charge < -0.3 is 20.1 Å². The van der Waals surface area contributed by atoms with E-state index in [0.29, 0.717) is 23.8 Å². The molecular formula is C26H34N8O. The van der Waals surface area contributed by atoms with Gasteiger partial charge in [0, 0.05) is 43.5 Å². The number of aromatic amines is 2. The van der Waals surface area contributed by atoms with Gasteiger partial charge in [-0.15, -0.1) is 0 Å². The number of carbonyl (C=O) groups is 1. The van der Waals surface area contributed by atoms with E-state index in [4.69, 9.17) is 0 Å². The second-order valence-electron chi connectivity index (χ2n) is 9.11. The van der Waals surface area contributed by atoms with E-state index in [1.54, 1.807) is 11.1 Å². The third kappa shape index (κ3) is 5.41. The Kier molecular flexibility index (Phi) is 7.57. The molecule has 3 heterocycles. The van der Waals surface area contributed by atoms with Gasteiger partial charge in [0.05, 0.1) is 11.7 Å². The van der Waals surface area contributed by atoms with E-state index >= 15 is 0 Å². The molecule has 3 N–H and O–H groups in total. The maximum absolute atomic E-state index is 12.9. The quantitative estimate of drug-likeness (QED) is 0.325. The van der Waals surface area contributed by atoms with Crippen LogP contribution in [0.4, 0.5) is 0 Å². The maximum Gasteiger partial charge on any atom is 0.271 e. The monoisotopic (exact) mass is 474 g/mol. The highest BCUT2D eigenvalue weighted by atomic mass is 16.2. The molecule has 0 saturated heterocycles. The number of hydrogen-bond donors (Lipinski definition) is 3. The first-order valence-electron chi connectivity index (χ1n) is 12.0. The van der Waals surface area contributed by atoms with Crippen molar-refractivity contribution in [2.45, 2.75) is 26.8 Å². The molecule has 0 aliphatic heterocycles. The van der Waals surface area contributed by atoms with Crippen LogP contribution < -0.4 is 5.32 Å². The molecule has 3 aromatic heterocycles. The number of nitrogens with one attached hydrogen (secondary N) is 3. The van der Waals surface area contributed by atoms with Gasteiger partial charge in [-0.05, 0) is 69.4 Å². The molecule has 4 rings (SSSR count). The van der Waals surface area contributed by atoms with Crippen molar-refractivity contribution >= 4 is 16.8 Å². The SMILES string of the molecule is CCNCc1cncc(-c2ccc3[nH]nc(-c4ncc(C(=O)N(C)CCCN(C)C)[nH]4)c3c2)c1C. The zero-order valence-corrected chi connectivity index (χ0v) is 21.1. The average Bonchev–Trinajstić information content (AvgIpc) is 3.49. The fourth-order valence-corrected chi connectivity index (χ4v) is 4.14. The Balaban J connectivity index is 1.60. The molecule has 0 atom stereocenters. The van der Waals surface area contributed by atoms with Crippen LogP contribution in [0.1, 0.15) is 35.0 Å². The molecule has 0 aliphatic rings. The zero-order chi connectivity index (χ0) is 24.9. The van der Waals surface area contributed by atoms with Crippen LogP contribution >= 0.6 is 0 Å². The summed E-state index contributed by atoms with van der Waals surface area (Å²) in [5, 5.41) is 11.9. The lowest BCUT2D eigenvalue weighted by molar-refractivity contribution is 0.0785. The summed E-state index contributed by atoms with van der Waals surface area (Å²) in [7, 11) is 5.87. The molecule has 9 heteroatoms. The summed E-state index contributed by atoms with van der Waals surface area (Å²) in [5.74, 6) is 0.483. The van der Waals surface area contributed by atoms with Crippen molar-refractivity contribution in [3.8, 4) is 22.6 Å². The molecule has 1 aromatic carbocycles. The summed E-state index contributed by atoms with van der Waals surface area (Å²) < 4.78 is 0. The Labute approximate surface area is 206 Å². The predicted molar refractivity (Wildman–Crippen MR) is 139 cm³/mol. The van der Waals surface area contributed by atoms with Gasteiger partial charge in [0.15, 0.2) is 5.82 Å². The first-order chi connectivity index (χ1) is 16.9. The van der Waals surface area contributed by atoms with E-state index in [-0.39, 0.29) is 5.91 Å². The predicted octanol–water partition coefficient (Wildman–Crippen LogP) is 3.46. The van der Waals surface area contributed by atoms with Gasteiger partial charge in [-0.2, -0.15) is 5.10 Å². The average molecular weight is 475 g/mol. The van der Waals surface area contributed by atoms with Crippen molar-refractivity contribution in [2.75, 3.05) is 40.8 Å². The second kappa shape index (κ2) is 10.8. The summed E-state index contributed by atoms with van der Waals surface area (Å²) in [5.41, 5.74) is 6.58. The van der Waals surface area contributed by atoms with Gasteiger partial charge in [0.25, 0.3) is 5.91 Å². The molecule has 0 spiro atoms. The van der Waals surface area contributed by atoms with Crippen LogP contribution in [-0.4, -0.2) is 81.6 Å². The van der Waals surface area contributed by atoms with Crippen LogP contribution in [0.25, 0.3) is 33.5 Å². The minimum absolute atomic E-state index is 0.0813. The van der Waals surface area contributed by atoms with E-state index in [0.717, 1.165) is 48.1 Å². The number of aromatic nitrogens is 5. The number of amides is 1. The lowest BCUT2D eigenvalue weighted by atomic mass is 9.98. The minimum atomic E-state index is -0.0813. The number of pyridine rings is 1. The summed E-state index contributed by atoms with van der Waals surface area (Å²) >= 11 is 0. The van der Waals surface area contributed by atoms with Crippen LogP contribution in [0.3, 0.4) is 0 Å². The number of benzene rings is 1. The number of fused-ring (bicyclic) bond motifs is 1. The third-order valence-electron chi connectivity index (χ3n) is 6.24. The smallest absolute Gasteiger partial charge is 0.271 e. The first kappa shape index (κ1) is 24.6. The fourth-order valence-electron chi connectivity index (χ4n) is 4.14. The molecular weight excluding hydrogens is 440 g/mol. The van der Waals surface area contributed by atoms with Crippen LogP contribution in [0, 0.1) is 6.92 Å². The molecule has 9 nitrogen and oxygen atoms in total. The lowest BCUT2D eigenvalue weighted by Crippen LogP contribution is -2.30. The van der Waals surface area contributed by atoms with Crippen molar-refractivity contribution in [1.29, 1.82) is 0 Å². The molecule has 0 fully saturated rings. The van der Waals surface area contributed by atoms with Gasteiger partial charge in [-0.25, -0.2) is 4.98 Å². The Morgan fingerprint density at radius 1 is 1.11 bits per heavy atom. The van der Waals surface area contributed by atoms with E-state index in [2.05, 4.69) is 61.3 Å². The standard InChI is InChI=1S/C26H34N8O/c1-6-27-13-19-14-28-15-21(17(19)2)18-8-9-22-20(12-18)24(32-31-22)25-29-16-23(30-25)26(35)34(5)11-7-10-33(3)4/h8-9,12,14-16,27H,6-7,10-11,13H2,1-5H3,(H,29,30)(H,31,32). The first-order valence-corrected chi connectivity index (χ1v) is 12.0. The van der Waals surface area contributed by atoms with Crippen molar-refractivity contribution in [3.05, 3.63) is 53.6 Å². The summed E-state index contributed by atoms with van der Waals surface area (Å²) in [6.45, 7) is 7.53. The van der Waals surface area contributed by atoms with Gasteiger partial charge >= 0.3 is 0 Å². The van der Waals surface area contributed by atoms with Crippen molar-refractivity contribution in [2.24, 2.45) is 0 Å². The number of carbonyl (C=O) groups excluding carboxylic acids is 1. The Bertz CT molecular complexity index is 1310. The van der Waals surface area contributed by atoms with Crippen molar-refractivity contribution in [3.63, 3.8) is 0 Å². The second-order valence-corrected chi connectivity index (χ2v) is 9.11. The highest BCUT2D eigenvalue weighted by Crippen LogP contribution is 2.31. The van der Waals surface area contributed by atoms with Crippen molar-refractivity contribution < 1.29 is 4.79 Å². The van der Waals surface area contributed by atoms with Crippen molar-refractivity contribution in [1.82, 2.24) is 40.3 Å². The van der Waals surface area contributed by atoms with E-state index < -0.39 is 0 Å². The number of imidazole rings is 1. The largest absolute Gasteiger partial charge is 0.340 e. The number of rotatable bonds is 10. The third-order valence-corrected chi connectivity index (χ3v) is 6.24. The van der Waals surface area contributed by atoms with Crippen LogP contribution in [0.2, 0.25) is 0 Å². The summed E-state index contributed by atoms with van der Waals surface area (Å²) in [6.07, 6.45) is 6.32.